The smallest absolute Gasteiger partial charge is 0.411 e. The van der Waals surface area contributed by atoms with Crippen LogP contribution in [0.15, 0.2) is 59.5 Å². The summed E-state index contributed by atoms with van der Waals surface area (Å²) in [7, 11) is 1.35. The van der Waals surface area contributed by atoms with Gasteiger partial charge in [0.1, 0.15) is 0 Å². The standard InChI is InChI=1S/C15H15NO2S/c1-18-15(17)16-13-9-7-12(8-10-13)11-19-14-5-3-2-4-6-14/h2-10H,11H2,1H3,(H,16,17). The van der Waals surface area contributed by atoms with E-state index in [-0.39, 0.29) is 0 Å². The van der Waals surface area contributed by atoms with Crippen LogP contribution in [0.3, 0.4) is 0 Å². The second-order valence-electron chi connectivity index (χ2n) is 3.92. The Morgan fingerprint density at radius 2 is 1.79 bits per heavy atom. The number of ether oxygens (including phenoxy) is 1. The molecule has 4 heteroatoms. The van der Waals surface area contributed by atoms with E-state index in [0.717, 1.165) is 11.4 Å². The number of carbonyl (C=O) groups excluding carboxylic acids is 1. The molecule has 0 spiro atoms. The van der Waals surface area contributed by atoms with E-state index in [1.165, 1.54) is 17.6 Å². The molecule has 2 rings (SSSR count). The minimum atomic E-state index is -0.452. The Morgan fingerprint density at radius 1 is 1.11 bits per heavy atom. The lowest BCUT2D eigenvalue weighted by molar-refractivity contribution is 0.187. The Labute approximate surface area is 117 Å². The van der Waals surface area contributed by atoms with Crippen LogP contribution in [0.2, 0.25) is 0 Å². The molecule has 0 saturated carbocycles. The molecule has 0 aliphatic carbocycles. The van der Waals surface area contributed by atoms with Crippen LogP contribution < -0.4 is 5.32 Å². The number of methoxy groups -OCH3 is 1. The Morgan fingerprint density at radius 3 is 2.42 bits per heavy atom. The van der Waals surface area contributed by atoms with Crippen LogP contribution in [0.4, 0.5) is 10.5 Å². The van der Waals surface area contributed by atoms with Gasteiger partial charge < -0.3 is 4.74 Å². The minimum absolute atomic E-state index is 0.452. The SMILES string of the molecule is COC(=O)Nc1ccc(CSc2ccccc2)cc1. The van der Waals surface area contributed by atoms with Gasteiger partial charge in [-0.15, -0.1) is 11.8 Å². The topological polar surface area (TPSA) is 38.3 Å². The zero-order valence-electron chi connectivity index (χ0n) is 10.6. The second kappa shape index (κ2) is 6.85. The normalized spacial score (nSPS) is 9.95. The van der Waals surface area contributed by atoms with Crippen LogP contribution >= 0.6 is 11.8 Å². The summed E-state index contributed by atoms with van der Waals surface area (Å²) >= 11 is 1.79. The van der Waals surface area contributed by atoms with Gasteiger partial charge in [-0.2, -0.15) is 0 Å². The highest BCUT2D eigenvalue weighted by molar-refractivity contribution is 7.98. The van der Waals surface area contributed by atoms with Crippen LogP contribution in [-0.4, -0.2) is 13.2 Å². The first kappa shape index (κ1) is 13.5. The first-order valence-electron chi connectivity index (χ1n) is 5.89. The van der Waals surface area contributed by atoms with E-state index in [1.54, 1.807) is 11.8 Å². The lowest BCUT2D eigenvalue weighted by Gasteiger charge is -2.05. The van der Waals surface area contributed by atoms with Crippen molar-refractivity contribution in [1.82, 2.24) is 0 Å². The molecule has 3 nitrogen and oxygen atoms in total. The van der Waals surface area contributed by atoms with E-state index in [2.05, 4.69) is 22.2 Å². The zero-order chi connectivity index (χ0) is 13.5. The van der Waals surface area contributed by atoms with Gasteiger partial charge in [0.05, 0.1) is 7.11 Å². The van der Waals surface area contributed by atoms with Gasteiger partial charge in [-0.05, 0) is 29.8 Å². The van der Waals surface area contributed by atoms with E-state index >= 15 is 0 Å². The number of thioether (sulfide) groups is 1. The van der Waals surface area contributed by atoms with Crippen molar-refractivity contribution in [2.24, 2.45) is 0 Å². The van der Waals surface area contributed by atoms with Crippen molar-refractivity contribution < 1.29 is 9.53 Å². The van der Waals surface area contributed by atoms with Gasteiger partial charge in [0.15, 0.2) is 0 Å². The van der Waals surface area contributed by atoms with Crippen LogP contribution in [0.1, 0.15) is 5.56 Å². The number of rotatable bonds is 4. The van der Waals surface area contributed by atoms with Crippen molar-refractivity contribution in [3.05, 3.63) is 60.2 Å². The molecule has 0 bridgehead atoms. The Bertz CT molecular complexity index is 526. The first-order valence-corrected chi connectivity index (χ1v) is 6.88. The van der Waals surface area contributed by atoms with Gasteiger partial charge in [0, 0.05) is 16.3 Å². The van der Waals surface area contributed by atoms with Crippen molar-refractivity contribution in [3.8, 4) is 0 Å². The molecule has 0 heterocycles. The molecule has 2 aromatic carbocycles. The third kappa shape index (κ3) is 4.34. The molecular formula is C15H15NO2S. The summed E-state index contributed by atoms with van der Waals surface area (Å²) in [5, 5.41) is 2.62. The number of amides is 1. The molecule has 2 aromatic rings. The van der Waals surface area contributed by atoms with Gasteiger partial charge >= 0.3 is 6.09 Å². The first-order chi connectivity index (χ1) is 9.28. The Kier molecular flexibility index (Phi) is 4.86. The number of hydrogen-bond acceptors (Lipinski definition) is 3. The number of nitrogens with one attached hydrogen (secondary N) is 1. The van der Waals surface area contributed by atoms with E-state index in [9.17, 15) is 4.79 Å². The lowest BCUT2D eigenvalue weighted by atomic mass is 10.2. The summed E-state index contributed by atoms with van der Waals surface area (Å²) in [5.74, 6) is 0.905. The largest absolute Gasteiger partial charge is 0.453 e. The Hall–Kier alpha value is -1.94. The molecule has 1 amide bonds. The predicted octanol–water partition coefficient (Wildman–Crippen LogP) is 4.16. The maximum Gasteiger partial charge on any atom is 0.411 e. The Balaban J connectivity index is 1.90. The van der Waals surface area contributed by atoms with E-state index in [0.29, 0.717) is 0 Å². The fourth-order valence-electron chi connectivity index (χ4n) is 1.54. The molecule has 0 aromatic heterocycles. The summed E-state index contributed by atoms with van der Waals surface area (Å²) < 4.78 is 4.54. The third-order valence-electron chi connectivity index (χ3n) is 2.53. The highest BCUT2D eigenvalue weighted by Gasteiger charge is 2.00. The predicted molar refractivity (Wildman–Crippen MR) is 78.5 cm³/mol. The lowest BCUT2D eigenvalue weighted by Crippen LogP contribution is -2.10. The minimum Gasteiger partial charge on any atom is -0.453 e. The number of carbonyl (C=O) groups is 1. The van der Waals surface area contributed by atoms with Crippen molar-refractivity contribution in [2.75, 3.05) is 12.4 Å². The second-order valence-corrected chi connectivity index (χ2v) is 4.96. The van der Waals surface area contributed by atoms with Gasteiger partial charge in [0.2, 0.25) is 0 Å². The maximum atomic E-state index is 11.0. The monoisotopic (exact) mass is 273 g/mol. The van der Waals surface area contributed by atoms with Crippen molar-refractivity contribution in [1.29, 1.82) is 0 Å². The van der Waals surface area contributed by atoms with Crippen molar-refractivity contribution >= 4 is 23.5 Å². The molecule has 98 valence electrons. The average molecular weight is 273 g/mol. The fourth-order valence-corrected chi connectivity index (χ4v) is 2.41. The van der Waals surface area contributed by atoms with E-state index < -0.39 is 6.09 Å². The molecule has 0 atom stereocenters. The van der Waals surface area contributed by atoms with Gasteiger partial charge in [0.25, 0.3) is 0 Å². The highest BCUT2D eigenvalue weighted by Crippen LogP contribution is 2.23. The van der Waals surface area contributed by atoms with Gasteiger partial charge in [-0.1, -0.05) is 30.3 Å². The molecule has 0 fully saturated rings. The summed E-state index contributed by atoms with van der Waals surface area (Å²) in [6.07, 6.45) is -0.452. The molecule has 1 N–H and O–H groups in total. The van der Waals surface area contributed by atoms with Gasteiger partial charge in [-0.25, -0.2) is 4.79 Å². The molecule has 0 radical (unpaired) electrons. The van der Waals surface area contributed by atoms with Crippen LogP contribution in [-0.2, 0) is 10.5 Å². The zero-order valence-corrected chi connectivity index (χ0v) is 11.4. The van der Waals surface area contributed by atoms with E-state index in [4.69, 9.17) is 0 Å². The summed E-state index contributed by atoms with van der Waals surface area (Å²) in [6.45, 7) is 0. The third-order valence-corrected chi connectivity index (χ3v) is 3.62. The molecule has 19 heavy (non-hydrogen) atoms. The molecule has 0 saturated heterocycles. The highest BCUT2D eigenvalue weighted by atomic mass is 32.2. The summed E-state index contributed by atoms with van der Waals surface area (Å²) in [5.41, 5.74) is 1.95. The number of hydrogen-bond donors (Lipinski definition) is 1. The summed E-state index contributed by atoms with van der Waals surface area (Å²) in [6, 6.07) is 18.0. The number of anilines is 1. The molecule has 0 aliphatic heterocycles. The molecule has 0 aliphatic rings. The average Bonchev–Trinajstić information content (AvgIpc) is 2.47. The van der Waals surface area contributed by atoms with Crippen molar-refractivity contribution in [3.63, 3.8) is 0 Å². The summed E-state index contributed by atoms with van der Waals surface area (Å²) in [4.78, 5) is 12.3. The number of benzene rings is 2. The van der Waals surface area contributed by atoms with Crippen LogP contribution in [0.25, 0.3) is 0 Å². The van der Waals surface area contributed by atoms with Crippen molar-refractivity contribution in [2.45, 2.75) is 10.6 Å². The fraction of sp³-hybridized carbons (Fsp3) is 0.133. The molecular weight excluding hydrogens is 258 g/mol. The molecule has 0 unspecified atom stereocenters. The quantitative estimate of drug-likeness (QED) is 0.850. The van der Waals surface area contributed by atoms with Crippen LogP contribution in [0.5, 0.6) is 0 Å². The van der Waals surface area contributed by atoms with Gasteiger partial charge in [-0.3, -0.25) is 5.32 Å². The maximum absolute atomic E-state index is 11.0. The van der Waals surface area contributed by atoms with Crippen LogP contribution in [0, 0.1) is 0 Å². The van der Waals surface area contributed by atoms with E-state index in [1.807, 2.05) is 42.5 Å².